The van der Waals surface area contributed by atoms with Gasteiger partial charge in [-0.15, -0.1) is 0 Å². The largest absolute Gasteiger partial charge is 0.480 e. The van der Waals surface area contributed by atoms with Crippen molar-refractivity contribution in [3.63, 3.8) is 0 Å². The van der Waals surface area contributed by atoms with E-state index in [1.54, 1.807) is 6.92 Å². The van der Waals surface area contributed by atoms with E-state index in [1.807, 2.05) is 20.8 Å². The minimum absolute atomic E-state index is 0.126. The second kappa shape index (κ2) is 5.98. The molecule has 0 radical (unpaired) electrons. The Balaban J connectivity index is 4.17. The van der Waals surface area contributed by atoms with Crippen LogP contribution in [0.15, 0.2) is 0 Å². The molecule has 4 nitrogen and oxygen atoms in total. The van der Waals surface area contributed by atoms with Crippen molar-refractivity contribution in [3.8, 4) is 0 Å². The lowest BCUT2D eigenvalue weighted by atomic mass is 10.0. The molecule has 0 fully saturated rings. The van der Waals surface area contributed by atoms with Crippen LogP contribution >= 0.6 is 0 Å². The van der Waals surface area contributed by atoms with Crippen LogP contribution in [0.3, 0.4) is 0 Å². The fraction of sp³-hybridized carbons (Fsp3) is 0.900. The monoisotopic (exact) mass is 203 g/mol. The molecular weight excluding hydrogens is 182 g/mol. The third kappa shape index (κ3) is 4.58. The summed E-state index contributed by atoms with van der Waals surface area (Å²) in [5.74, 6) is -0.873. The minimum Gasteiger partial charge on any atom is -0.480 e. The molecule has 14 heavy (non-hydrogen) atoms. The van der Waals surface area contributed by atoms with Crippen molar-refractivity contribution < 1.29 is 14.6 Å². The van der Waals surface area contributed by atoms with Crippen LogP contribution in [0.5, 0.6) is 0 Å². The first-order valence-electron chi connectivity index (χ1n) is 5.01. The maximum atomic E-state index is 11.0. The lowest BCUT2D eigenvalue weighted by Gasteiger charge is -2.28. The Bertz CT molecular complexity index is 182. The van der Waals surface area contributed by atoms with E-state index in [-0.39, 0.29) is 12.6 Å². The highest BCUT2D eigenvalue weighted by atomic mass is 16.5. The van der Waals surface area contributed by atoms with Crippen molar-refractivity contribution in [2.45, 2.75) is 45.7 Å². The van der Waals surface area contributed by atoms with Gasteiger partial charge in [-0.05, 0) is 27.2 Å². The zero-order valence-electron chi connectivity index (χ0n) is 9.46. The SMILES string of the molecule is CCCOCC(C)(NC(C)C)C(=O)O. The second-order valence-electron chi connectivity index (χ2n) is 3.99. The number of nitrogens with one attached hydrogen (secondary N) is 1. The van der Waals surface area contributed by atoms with E-state index >= 15 is 0 Å². The van der Waals surface area contributed by atoms with Gasteiger partial charge in [-0.3, -0.25) is 10.1 Å². The topological polar surface area (TPSA) is 58.6 Å². The lowest BCUT2D eigenvalue weighted by molar-refractivity contribution is -0.147. The Hall–Kier alpha value is -0.610. The molecule has 0 heterocycles. The average molecular weight is 203 g/mol. The number of hydrogen-bond donors (Lipinski definition) is 2. The third-order valence-electron chi connectivity index (χ3n) is 1.82. The van der Waals surface area contributed by atoms with Crippen LogP contribution in [0.4, 0.5) is 0 Å². The van der Waals surface area contributed by atoms with Crippen LogP contribution in [-0.2, 0) is 9.53 Å². The van der Waals surface area contributed by atoms with E-state index in [0.29, 0.717) is 6.61 Å². The van der Waals surface area contributed by atoms with Gasteiger partial charge in [0.25, 0.3) is 0 Å². The minimum atomic E-state index is -0.983. The van der Waals surface area contributed by atoms with E-state index in [9.17, 15) is 4.79 Å². The quantitative estimate of drug-likeness (QED) is 0.611. The summed E-state index contributed by atoms with van der Waals surface area (Å²) < 4.78 is 5.27. The molecule has 0 saturated carbocycles. The first-order chi connectivity index (χ1) is 6.42. The van der Waals surface area contributed by atoms with Gasteiger partial charge in [0.05, 0.1) is 6.61 Å². The summed E-state index contributed by atoms with van der Waals surface area (Å²) in [6, 6.07) is 0.126. The Morgan fingerprint density at radius 2 is 2.14 bits per heavy atom. The van der Waals surface area contributed by atoms with Crippen molar-refractivity contribution in [3.05, 3.63) is 0 Å². The van der Waals surface area contributed by atoms with Crippen molar-refractivity contribution >= 4 is 5.97 Å². The van der Waals surface area contributed by atoms with Crippen molar-refractivity contribution in [2.75, 3.05) is 13.2 Å². The number of carboxylic acids is 1. The summed E-state index contributed by atoms with van der Waals surface area (Å²) in [7, 11) is 0. The lowest BCUT2D eigenvalue weighted by Crippen LogP contribution is -2.55. The van der Waals surface area contributed by atoms with Gasteiger partial charge in [-0.25, -0.2) is 0 Å². The van der Waals surface area contributed by atoms with E-state index in [4.69, 9.17) is 9.84 Å². The van der Waals surface area contributed by atoms with Gasteiger partial charge in [-0.1, -0.05) is 6.92 Å². The van der Waals surface area contributed by atoms with Crippen LogP contribution in [0.25, 0.3) is 0 Å². The van der Waals surface area contributed by atoms with Gasteiger partial charge >= 0.3 is 5.97 Å². The molecule has 0 aliphatic rings. The van der Waals surface area contributed by atoms with Gasteiger partial charge in [-0.2, -0.15) is 0 Å². The molecule has 1 unspecified atom stereocenters. The van der Waals surface area contributed by atoms with Gasteiger partial charge < -0.3 is 9.84 Å². The molecule has 0 aliphatic heterocycles. The second-order valence-corrected chi connectivity index (χ2v) is 3.99. The predicted molar refractivity (Wildman–Crippen MR) is 55.4 cm³/mol. The molecular formula is C10H21NO3. The van der Waals surface area contributed by atoms with Crippen LogP contribution < -0.4 is 5.32 Å². The van der Waals surface area contributed by atoms with Gasteiger partial charge in [0, 0.05) is 12.6 Å². The highest BCUT2D eigenvalue weighted by Crippen LogP contribution is 2.06. The fourth-order valence-electron chi connectivity index (χ4n) is 1.22. The Kier molecular flexibility index (Phi) is 5.72. The van der Waals surface area contributed by atoms with Crippen molar-refractivity contribution in [1.29, 1.82) is 0 Å². The van der Waals surface area contributed by atoms with E-state index < -0.39 is 11.5 Å². The van der Waals surface area contributed by atoms with Crippen LogP contribution in [-0.4, -0.2) is 35.9 Å². The molecule has 0 aromatic carbocycles. The molecule has 1 atom stereocenters. The molecule has 0 aliphatic carbocycles. The normalized spacial score (nSPS) is 15.5. The zero-order chi connectivity index (χ0) is 11.2. The first kappa shape index (κ1) is 13.4. The Morgan fingerprint density at radius 1 is 1.57 bits per heavy atom. The van der Waals surface area contributed by atoms with Crippen LogP contribution in [0, 0.1) is 0 Å². The standard InChI is InChI=1S/C10H21NO3/c1-5-6-14-7-10(4,9(12)13)11-8(2)3/h8,11H,5-7H2,1-4H3,(H,12,13). The molecule has 0 bridgehead atoms. The molecule has 0 aromatic heterocycles. The molecule has 0 saturated heterocycles. The van der Waals surface area contributed by atoms with E-state index in [0.717, 1.165) is 6.42 Å². The molecule has 0 amide bonds. The molecule has 0 aromatic rings. The maximum Gasteiger partial charge on any atom is 0.326 e. The first-order valence-corrected chi connectivity index (χ1v) is 5.01. The Morgan fingerprint density at radius 3 is 2.50 bits per heavy atom. The highest BCUT2D eigenvalue weighted by Gasteiger charge is 2.33. The number of hydrogen-bond acceptors (Lipinski definition) is 3. The maximum absolute atomic E-state index is 11.0. The van der Waals surface area contributed by atoms with Crippen LogP contribution in [0.2, 0.25) is 0 Å². The number of ether oxygens (including phenoxy) is 1. The average Bonchev–Trinajstić information content (AvgIpc) is 2.03. The summed E-state index contributed by atoms with van der Waals surface area (Å²) in [6.07, 6.45) is 0.900. The molecule has 4 heteroatoms. The zero-order valence-corrected chi connectivity index (χ0v) is 9.46. The highest BCUT2D eigenvalue weighted by molar-refractivity contribution is 5.78. The van der Waals surface area contributed by atoms with Crippen molar-refractivity contribution in [2.24, 2.45) is 0 Å². The molecule has 84 valence electrons. The summed E-state index contributed by atoms with van der Waals surface area (Å²) in [5, 5.41) is 12.0. The molecule has 0 rings (SSSR count). The molecule has 2 N–H and O–H groups in total. The number of carboxylic acid groups (broad SMARTS) is 1. The summed E-state index contributed by atoms with van der Waals surface area (Å²) >= 11 is 0. The smallest absolute Gasteiger partial charge is 0.326 e. The van der Waals surface area contributed by atoms with E-state index in [2.05, 4.69) is 5.32 Å². The summed E-state index contributed by atoms with van der Waals surface area (Å²) in [6.45, 7) is 8.28. The summed E-state index contributed by atoms with van der Waals surface area (Å²) in [5.41, 5.74) is -0.983. The van der Waals surface area contributed by atoms with Crippen molar-refractivity contribution in [1.82, 2.24) is 5.32 Å². The van der Waals surface area contributed by atoms with Gasteiger partial charge in [0.2, 0.25) is 0 Å². The fourth-order valence-corrected chi connectivity index (χ4v) is 1.22. The molecule has 0 spiro atoms. The number of carbonyl (C=O) groups is 1. The third-order valence-corrected chi connectivity index (χ3v) is 1.82. The summed E-state index contributed by atoms with van der Waals surface area (Å²) in [4.78, 5) is 11.0. The Labute approximate surface area is 85.6 Å². The predicted octanol–water partition coefficient (Wildman–Crippen LogP) is 1.25. The van der Waals surface area contributed by atoms with E-state index in [1.165, 1.54) is 0 Å². The van der Waals surface area contributed by atoms with Gasteiger partial charge in [0.15, 0.2) is 0 Å². The number of rotatable bonds is 7. The van der Waals surface area contributed by atoms with Gasteiger partial charge in [0.1, 0.15) is 5.54 Å². The number of aliphatic carboxylic acids is 1. The van der Waals surface area contributed by atoms with Crippen LogP contribution in [0.1, 0.15) is 34.1 Å².